The molecule has 3 aliphatic carbocycles. The molecule has 4 bridgehead atoms. The van der Waals surface area contributed by atoms with Crippen LogP contribution in [0.1, 0.15) is 95.6 Å². The molecule has 0 aromatic heterocycles. The SMILES string of the molecule is CC(C)=CCC[C@]1(C)C=Cc2c(O)c3c(c(CC=C(C)C)c2O1)O[C@]12C(=CC4CC1C(C)(C)O[C@@]2(C/C=C(/CO)OC=O)C4=O)C3=O. The lowest BCUT2D eigenvalue weighted by Crippen LogP contribution is -2.72. The number of hydrogen-bond donors (Lipinski definition) is 2. The Morgan fingerprint density at radius 2 is 1.77 bits per heavy atom. The Balaban J connectivity index is 1.58. The van der Waals surface area contributed by atoms with Gasteiger partial charge >= 0.3 is 0 Å². The first kappa shape index (κ1) is 33.0. The minimum absolute atomic E-state index is 0.0403. The predicted octanol–water partition coefficient (Wildman–Crippen LogP) is 6.26. The molecule has 9 heteroatoms. The summed E-state index contributed by atoms with van der Waals surface area (Å²) in [4.78, 5) is 40.2. The van der Waals surface area contributed by atoms with Crippen molar-refractivity contribution in [3.8, 4) is 17.2 Å². The Kier molecular flexibility index (Phi) is 7.95. The highest BCUT2D eigenvalue weighted by Crippen LogP contribution is 2.68. The van der Waals surface area contributed by atoms with Crippen molar-refractivity contribution in [3.63, 3.8) is 0 Å². The lowest BCUT2D eigenvalue weighted by molar-refractivity contribution is -0.171. The van der Waals surface area contributed by atoms with Crippen LogP contribution in [0.15, 0.2) is 52.9 Å². The minimum atomic E-state index is -1.66. The lowest BCUT2D eigenvalue weighted by Gasteiger charge is -2.56. The van der Waals surface area contributed by atoms with Crippen LogP contribution < -0.4 is 9.47 Å². The molecule has 1 spiro atoms. The maximum atomic E-state index is 14.8. The number of ketones is 2. The topological polar surface area (TPSA) is 129 Å². The number of ether oxygens (including phenoxy) is 4. The average molecular weight is 645 g/mol. The third-order valence-corrected chi connectivity index (χ3v) is 10.4. The highest BCUT2D eigenvalue weighted by atomic mass is 16.6. The van der Waals surface area contributed by atoms with E-state index < -0.39 is 46.6 Å². The number of phenols is 1. The van der Waals surface area contributed by atoms with Gasteiger partial charge in [-0.1, -0.05) is 29.4 Å². The summed E-state index contributed by atoms with van der Waals surface area (Å²) in [5.74, 6) is -1.31. The molecule has 5 atom stereocenters. The summed E-state index contributed by atoms with van der Waals surface area (Å²) in [6, 6.07) is 0. The van der Waals surface area contributed by atoms with Gasteiger partial charge in [0.25, 0.3) is 6.47 Å². The zero-order chi connectivity index (χ0) is 34.1. The number of phenolic OH excluding ortho intramolecular Hbond substituents is 1. The van der Waals surface area contributed by atoms with Crippen molar-refractivity contribution in [2.75, 3.05) is 6.61 Å². The van der Waals surface area contributed by atoms with E-state index in [1.807, 2.05) is 52.8 Å². The van der Waals surface area contributed by atoms with E-state index in [4.69, 9.17) is 18.9 Å². The summed E-state index contributed by atoms with van der Waals surface area (Å²) >= 11 is 0. The number of rotatable bonds is 10. The van der Waals surface area contributed by atoms with Gasteiger partial charge in [0.15, 0.2) is 22.8 Å². The van der Waals surface area contributed by atoms with Gasteiger partial charge in [0.05, 0.1) is 11.2 Å². The van der Waals surface area contributed by atoms with Gasteiger partial charge in [-0.25, -0.2) is 0 Å². The molecule has 1 aromatic rings. The molecule has 2 unspecified atom stereocenters. The number of fused-ring (bicyclic) bond motifs is 2. The number of allylic oxidation sites excluding steroid dienone is 5. The van der Waals surface area contributed by atoms with Crippen LogP contribution in [0.25, 0.3) is 6.08 Å². The van der Waals surface area contributed by atoms with Gasteiger partial charge in [-0.3, -0.25) is 14.4 Å². The molecule has 2 fully saturated rings. The second kappa shape index (κ2) is 11.3. The third-order valence-electron chi connectivity index (χ3n) is 10.4. The first-order valence-corrected chi connectivity index (χ1v) is 16.3. The van der Waals surface area contributed by atoms with E-state index in [1.165, 1.54) is 11.6 Å². The van der Waals surface area contributed by atoms with Crippen LogP contribution in [0.3, 0.4) is 0 Å². The van der Waals surface area contributed by atoms with Gasteiger partial charge in [0, 0.05) is 29.4 Å². The summed E-state index contributed by atoms with van der Waals surface area (Å²) in [6.45, 7) is 13.5. The molecule has 2 N–H and O–H groups in total. The Morgan fingerprint density at radius 3 is 2.43 bits per heavy atom. The fraction of sp³-hybridized carbons (Fsp3) is 0.500. The maximum Gasteiger partial charge on any atom is 0.298 e. The molecule has 47 heavy (non-hydrogen) atoms. The number of Topliss-reactive ketones (excluding diaryl/α,β-unsaturated/α-hetero) is 2. The predicted molar refractivity (Wildman–Crippen MR) is 175 cm³/mol. The summed E-state index contributed by atoms with van der Waals surface area (Å²) < 4.78 is 25.6. The first-order valence-electron chi connectivity index (χ1n) is 16.3. The number of carbonyl (C=O) groups excluding carboxylic acids is 3. The van der Waals surface area contributed by atoms with E-state index >= 15 is 0 Å². The quantitative estimate of drug-likeness (QED) is 0.172. The molecule has 1 saturated heterocycles. The number of aromatic hydroxyl groups is 1. The largest absolute Gasteiger partial charge is 0.506 e. The Labute approximate surface area is 275 Å². The maximum absolute atomic E-state index is 14.8. The minimum Gasteiger partial charge on any atom is -0.506 e. The molecule has 9 nitrogen and oxygen atoms in total. The van der Waals surface area contributed by atoms with Crippen LogP contribution in [0.4, 0.5) is 0 Å². The van der Waals surface area contributed by atoms with Gasteiger partial charge in [-0.2, -0.15) is 0 Å². The van der Waals surface area contributed by atoms with E-state index in [0.29, 0.717) is 36.1 Å². The highest BCUT2D eigenvalue weighted by molar-refractivity contribution is 6.19. The van der Waals surface area contributed by atoms with Gasteiger partial charge < -0.3 is 29.2 Å². The monoisotopic (exact) mass is 644 g/mol. The van der Waals surface area contributed by atoms with E-state index in [-0.39, 0.29) is 47.1 Å². The molecule has 0 radical (unpaired) electrons. The van der Waals surface area contributed by atoms with E-state index in [2.05, 4.69) is 19.9 Å². The molecular formula is C38H44O9. The van der Waals surface area contributed by atoms with Gasteiger partial charge in [-0.05, 0) is 92.4 Å². The van der Waals surface area contributed by atoms with Crippen LogP contribution >= 0.6 is 0 Å². The first-order chi connectivity index (χ1) is 22.1. The number of aliphatic hydroxyl groups is 1. The van der Waals surface area contributed by atoms with Gasteiger partial charge in [0.1, 0.15) is 40.8 Å². The molecular weight excluding hydrogens is 600 g/mol. The standard InChI is InChI=1S/C38H44O9/c1-21(2)9-8-14-36(7)15-13-25-30(41)29-31(42)27-17-23-18-28-35(5,6)47-37(34(23)43,16-12-24(19-39)44-20-40)38(27,28)46-33(29)26(32(25)45-36)11-10-22(3)4/h9-10,12-13,15,17,20,23,28,39,41H,8,11,14,16,18-19H2,1-7H3/b24-12-/t23?,28?,36-,37+,38-/m1/s1. The van der Waals surface area contributed by atoms with Crippen LogP contribution in [0.5, 0.6) is 17.2 Å². The van der Waals surface area contributed by atoms with Gasteiger partial charge in [0.2, 0.25) is 0 Å². The van der Waals surface area contributed by atoms with Crippen molar-refractivity contribution >= 4 is 24.1 Å². The summed E-state index contributed by atoms with van der Waals surface area (Å²) in [5.41, 5.74) is -1.16. The summed E-state index contributed by atoms with van der Waals surface area (Å²) in [6.07, 6.45) is 13.2. The van der Waals surface area contributed by atoms with Crippen molar-refractivity contribution in [3.05, 3.63) is 69.5 Å². The normalized spacial score (nSPS) is 30.7. The molecule has 250 valence electrons. The molecule has 3 aliphatic heterocycles. The molecule has 0 amide bonds. The Bertz CT molecular complexity index is 1710. The Hall–Kier alpha value is -3.95. The molecule has 6 aliphatic rings. The van der Waals surface area contributed by atoms with Crippen molar-refractivity contribution in [2.24, 2.45) is 11.8 Å². The average Bonchev–Trinajstić information content (AvgIpc) is 3.15. The summed E-state index contributed by atoms with van der Waals surface area (Å²) in [7, 11) is 0. The van der Waals surface area contributed by atoms with Crippen molar-refractivity contribution < 1.29 is 43.5 Å². The highest BCUT2D eigenvalue weighted by Gasteiger charge is 2.81. The van der Waals surface area contributed by atoms with Crippen molar-refractivity contribution in [1.29, 1.82) is 0 Å². The van der Waals surface area contributed by atoms with Gasteiger partial charge in [-0.15, -0.1) is 0 Å². The number of benzene rings is 1. The smallest absolute Gasteiger partial charge is 0.298 e. The van der Waals surface area contributed by atoms with Crippen LogP contribution in [0.2, 0.25) is 0 Å². The zero-order valence-corrected chi connectivity index (χ0v) is 28.2. The summed E-state index contributed by atoms with van der Waals surface area (Å²) in [5, 5.41) is 21.6. The Morgan fingerprint density at radius 1 is 1.04 bits per heavy atom. The number of aliphatic hydroxyl groups excluding tert-OH is 1. The van der Waals surface area contributed by atoms with Crippen LogP contribution in [0, 0.1) is 11.8 Å². The molecule has 3 heterocycles. The number of carbonyl (C=O) groups is 3. The van der Waals surface area contributed by atoms with Crippen molar-refractivity contribution in [2.45, 2.75) is 103 Å². The van der Waals surface area contributed by atoms with Crippen molar-refractivity contribution in [1.82, 2.24) is 0 Å². The molecule has 1 saturated carbocycles. The van der Waals surface area contributed by atoms with E-state index in [9.17, 15) is 24.6 Å². The zero-order valence-electron chi connectivity index (χ0n) is 28.2. The second-order valence-corrected chi connectivity index (χ2v) is 14.6. The lowest BCUT2D eigenvalue weighted by atomic mass is 9.51. The second-order valence-electron chi connectivity index (χ2n) is 14.6. The fourth-order valence-corrected chi connectivity index (χ4v) is 8.26. The molecule has 1 aromatic carbocycles. The fourth-order valence-electron chi connectivity index (χ4n) is 8.26. The van der Waals surface area contributed by atoms with E-state index in [1.54, 1.807) is 6.08 Å². The third kappa shape index (κ3) is 4.84. The molecule has 7 rings (SSSR count). The number of hydrogen-bond acceptors (Lipinski definition) is 9. The van der Waals surface area contributed by atoms with Crippen LogP contribution in [-0.4, -0.2) is 57.3 Å². The van der Waals surface area contributed by atoms with Crippen LogP contribution in [-0.2, 0) is 25.5 Å². The van der Waals surface area contributed by atoms with E-state index in [0.717, 1.165) is 12.0 Å².